The van der Waals surface area contributed by atoms with Crippen LogP contribution < -0.4 is 5.73 Å². The summed E-state index contributed by atoms with van der Waals surface area (Å²) in [4.78, 5) is 4.34. The van der Waals surface area contributed by atoms with Crippen molar-refractivity contribution in [3.63, 3.8) is 0 Å². The number of halogens is 1. The molecule has 2 aromatic heterocycles. The van der Waals surface area contributed by atoms with Crippen LogP contribution in [0, 0.1) is 0 Å². The highest BCUT2D eigenvalue weighted by atomic mass is 79.9. The van der Waals surface area contributed by atoms with Crippen molar-refractivity contribution < 1.29 is 0 Å². The van der Waals surface area contributed by atoms with Gasteiger partial charge in [-0.3, -0.25) is 0 Å². The topological polar surface area (TPSA) is 56.7 Å². The fourth-order valence-electron chi connectivity index (χ4n) is 1.47. The molecule has 0 radical (unpaired) electrons. The molecule has 0 amide bonds. The molecule has 0 saturated carbocycles. The normalized spacial score (nSPS) is 12.7. The van der Waals surface area contributed by atoms with Crippen LogP contribution in [0.5, 0.6) is 0 Å². The fraction of sp³-hybridized carbons (Fsp3) is 0.273. The summed E-state index contributed by atoms with van der Waals surface area (Å²) in [5.74, 6) is 0.805. The molecule has 2 rings (SSSR count). The average Bonchev–Trinajstić information content (AvgIpc) is 2.65. The molecule has 0 fully saturated rings. The molecule has 5 heteroatoms. The van der Waals surface area contributed by atoms with Gasteiger partial charge in [0.1, 0.15) is 0 Å². The maximum Gasteiger partial charge on any atom is 0.153 e. The van der Waals surface area contributed by atoms with Crippen molar-refractivity contribution in [1.29, 1.82) is 0 Å². The van der Waals surface area contributed by atoms with Crippen molar-refractivity contribution >= 4 is 15.9 Å². The molecule has 1 atom stereocenters. The van der Waals surface area contributed by atoms with Crippen LogP contribution in [0.1, 0.15) is 12.5 Å². The Morgan fingerprint density at radius 1 is 1.44 bits per heavy atom. The number of nitrogens with zero attached hydrogens (tertiary/aromatic N) is 3. The van der Waals surface area contributed by atoms with Gasteiger partial charge in [-0.2, -0.15) is 5.10 Å². The van der Waals surface area contributed by atoms with E-state index < -0.39 is 0 Å². The van der Waals surface area contributed by atoms with E-state index in [1.54, 1.807) is 10.9 Å². The largest absolute Gasteiger partial charge is 0.328 e. The van der Waals surface area contributed by atoms with E-state index in [9.17, 15) is 0 Å². The van der Waals surface area contributed by atoms with Gasteiger partial charge in [-0.05, 0) is 40.9 Å². The minimum absolute atomic E-state index is 0.159. The molecule has 0 bridgehead atoms. The molecule has 84 valence electrons. The molecular formula is C11H13BrN4. The predicted molar refractivity (Wildman–Crippen MR) is 66.4 cm³/mol. The highest BCUT2D eigenvalue weighted by Crippen LogP contribution is 2.11. The van der Waals surface area contributed by atoms with Crippen LogP contribution in [0.3, 0.4) is 0 Å². The lowest BCUT2D eigenvalue weighted by atomic mass is 10.1. The SMILES string of the molecule is CC(N)Cc1ccc(-n2cc(Br)cn2)nc1. The number of hydrogen-bond acceptors (Lipinski definition) is 3. The third kappa shape index (κ3) is 2.68. The van der Waals surface area contributed by atoms with E-state index in [4.69, 9.17) is 5.73 Å². The predicted octanol–water partition coefficient (Wildman–Crippen LogP) is 1.92. The Bertz CT molecular complexity index is 461. The van der Waals surface area contributed by atoms with Gasteiger partial charge in [0.2, 0.25) is 0 Å². The third-order valence-electron chi connectivity index (χ3n) is 2.15. The van der Waals surface area contributed by atoms with E-state index in [0.717, 1.165) is 22.3 Å². The van der Waals surface area contributed by atoms with Crippen LogP contribution in [0.25, 0.3) is 5.82 Å². The van der Waals surface area contributed by atoms with Gasteiger partial charge < -0.3 is 5.73 Å². The molecular weight excluding hydrogens is 268 g/mol. The molecule has 0 aliphatic carbocycles. The van der Waals surface area contributed by atoms with Gasteiger partial charge in [-0.1, -0.05) is 6.07 Å². The van der Waals surface area contributed by atoms with Crippen molar-refractivity contribution in [3.05, 3.63) is 40.8 Å². The smallest absolute Gasteiger partial charge is 0.153 e. The monoisotopic (exact) mass is 280 g/mol. The van der Waals surface area contributed by atoms with Gasteiger partial charge in [0.15, 0.2) is 5.82 Å². The first-order valence-electron chi connectivity index (χ1n) is 5.06. The highest BCUT2D eigenvalue weighted by Gasteiger charge is 2.02. The van der Waals surface area contributed by atoms with Gasteiger partial charge in [0.05, 0.1) is 10.7 Å². The number of aromatic nitrogens is 3. The van der Waals surface area contributed by atoms with Gasteiger partial charge in [0.25, 0.3) is 0 Å². The van der Waals surface area contributed by atoms with Crippen molar-refractivity contribution in [2.24, 2.45) is 5.73 Å². The van der Waals surface area contributed by atoms with Gasteiger partial charge in [-0.25, -0.2) is 9.67 Å². The van der Waals surface area contributed by atoms with Crippen LogP contribution in [-0.2, 0) is 6.42 Å². The molecule has 16 heavy (non-hydrogen) atoms. The van der Waals surface area contributed by atoms with E-state index in [-0.39, 0.29) is 6.04 Å². The molecule has 2 N–H and O–H groups in total. The zero-order valence-electron chi connectivity index (χ0n) is 8.97. The molecule has 0 spiro atoms. The summed E-state index contributed by atoms with van der Waals surface area (Å²) in [6.07, 6.45) is 6.29. The lowest BCUT2D eigenvalue weighted by Gasteiger charge is -2.05. The zero-order valence-corrected chi connectivity index (χ0v) is 10.6. The second-order valence-corrected chi connectivity index (χ2v) is 4.72. The molecule has 2 aromatic rings. The summed E-state index contributed by atoms with van der Waals surface area (Å²) in [6, 6.07) is 4.13. The molecule has 4 nitrogen and oxygen atoms in total. The van der Waals surface area contributed by atoms with Crippen LogP contribution >= 0.6 is 15.9 Å². The van der Waals surface area contributed by atoms with Gasteiger partial charge in [-0.15, -0.1) is 0 Å². The summed E-state index contributed by atoms with van der Waals surface area (Å²) in [5, 5.41) is 4.16. The lowest BCUT2D eigenvalue weighted by molar-refractivity contribution is 0.733. The second kappa shape index (κ2) is 4.76. The number of hydrogen-bond donors (Lipinski definition) is 1. The Labute approximate surface area is 103 Å². The minimum atomic E-state index is 0.159. The van der Waals surface area contributed by atoms with Crippen LogP contribution in [0.4, 0.5) is 0 Å². The van der Waals surface area contributed by atoms with Crippen molar-refractivity contribution in [2.45, 2.75) is 19.4 Å². The molecule has 0 saturated heterocycles. The Morgan fingerprint density at radius 2 is 2.25 bits per heavy atom. The lowest BCUT2D eigenvalue weighted by Crippen LogP contribution is -2.17. The maximum absolute atomic E-state index is 5.73. The summed E-state index contributed by atoms with van der Waals surface area (Å²) in [5.41, 5.74) is 6.87. The van der Waals surface area contributed by atoms with Crippen molar-refractivity contribution in [2.75, 3.05) is 0 Å². The van der Waals surface area contributed by atoms with E-state index in [0.29, 0.717) is 0 Å². The number of nitrogens with two attached hydrogens (primary N) is 1. The van der Waals surface area contributed by atoms with Crippen LogP contribution in [-0.4, -0.2) is 20.8 Å². The third-order valence-corrected chi connectivity index (χ3v) is 2.56. The molecule has 0 aromatic carbocycles. The standard InChI is InChI=1S/C11H13BrN4/c1-8(13)4-9-2-3-11(14-5-9)16-7-10(12)6-15-16/h2-3,5-8H,4,13H2,1H3. The quantitative estimate of drug-likeness (QED) is 0.935. The van der Waals surface area contributed by atoms with E-state index in [2.05, 4.69) is 26.0 Å². The van der Waals surface area contributed by atoms with E-state index in [1.807, 2.05) is 31.5 Å². The summed E-state index contributed by atoms with van der Waals surface area (Å²) in [6.45, 7) is 1.98. The summed E-state index contributed by atoms with van der Waals surface area (Å²) < 4.78 is 2.66. The van der Waals surface area contributed by atoms with Gasteiger partial charge >= 0.3 is 0 Å². The highest BCUT2D eigenvalue weighted by molar-refractivity contribution is 9.10. The zero-order chi connectivity index (χ0) is 11.5. The molecule has 0 aliphatic heterocycles. The molecule has 1 unspecified atom stereocenters. The Balaban J connectivity index is 2.19. The van der Waals surface area contributed by atoms with Crippen molar-refractivity contribution in [1.82, 2.24) is 14.8 Å². The first kappa shape index (κ1) is 11.3. The van der Waals surface area contributed by atoms with Crippen LogP contribution in [0.15, 0.2) is 35.2 Å². The van der Waals surface area contributed by atoms with Crippen molar-refractivity contribution in [3.8, 4) is 5.82 Å². The number of rotatable bonds is 3. The molecule has 0 aliphatic rings. The first-order chi connectivity index (χ1) is 7.65. The van der Waals surface area contributed by atoms with E-state index in [1.165, 1.54) is 0 Å². The average molecular weight is 281 g/mol. The van der Waals surface area contributed by atoms with Gasteiger partial charge in [0, 0.05) is 18.4 Å². The summed E-state index contributed by atoms with van der Waals surface area (Å²) in [7, 11) is 0. The Hall–Kier alpha value is -1.20. The summed E-state index contributed by atoms with van der Waals surface area (Å²) >= 11 is 3.35. The molecule has 2 heterocycles. The maximum atomic E-state index is 5.73. The van der Waals surface area contributed by atoms with Crippen LogP contribution in [0.2, 0.25) is 0 Å². The number of pyridine rings is 1. The van der Waals surface area contributed by atoms with E-state index >= 15 is 0 Å². The fourth-order valence-corrected chi connectivity index (χ4v) is 1.76. The first-order valence-corrected chi connectivity index (χ1v) is 5.85. The minimum Gasteiger partial charge on any atom is -0.328 e. The Morgan fingerprint density at radius 3 is 2.75 bits per heavy atom. The Kier molecular flexibility index (Phi) is 3.36. The second-order valence-electron chi connectivity index (χ2n) is 3.81.